The summed E-state index contributed by atoms with van der Waals surface area (Å²) in [6.45, 7) is 0.890. The Morgan fingerprint density at radius 3 is 2.20 bits per heavy atom. The van der Waals surface area contributed by atoms with Crippen LogP contribution in [0.4, 0.5) is 0 Å². The molecule has 0 aliphatic carbocycles. The van der Waals surface area contributed by atoms with Gasteiger partial charge in [-0.05, 0) is 42.0 Å². The van der Waals surface area contributed by atoms with Crippen LogP contribution < -0.4 is 0 Å². The van der Waals surface area contributed by atoms with Gasteiger partial charge in [-0.1, -0.05) is 58.5 Å². The Balaban J connectivity index is 0.000000448. The van der Waals surface area contributed by atoms with Crippen LogP contribution in [-0.2, 0) is 17.9 Å². The molecule has 0 amide bonds. The lowest BCUT2D eigenvalue weighted by atomic mass is 10.1. The number of H-pyrrole nitrogens is 1. The van der Waals surface area contributed by atoms with Gasteiger partial charge in [-0.25, -0.2) is 4.98 Å². The van der Waals surface area contributed by atoms with Crippen molar-refractivity contribution < 1.29 is 4.74 Å². The van der Waals surface area contributed by atoms with Crippen molar-refractivity contribution in [2.75, 3.05) is 0 Å². The maximum Gasteiger partial charge on any atom is 0.102 e. The number of hydrogen-bond donors (Lipinski definition) is 1. The van der Waals surface area contributed by atoms with Gasteiger partial charge in [0.1, 0.15) is 6.10 Å². The Morgan fingerprint density at radius 1 is 0.933 bits per heavy atom. The van der Waals surface area contributed by atoms with Crippen molar-refractivity contribution in [1.82, 2.24) is 14.5 Å². The van der Waals surface area contributed by atoms with E-state index >= 15 is 0 Å². The number of hydrogen-bond acceptors (Lipinski definition) is 2. The molecule has 2 aromatic carbocycles. The molecule has 4 rings (SSSR count). The molecule has 1 atom stereocenters. The number of benzene rings is 2. The number of halogens is 4. The zero-order valence-corrected chi connectivity index (χ0v) is 18.8. The van der Waals surface area contributed by atoms with Crippen LogP contribution >= 0.6 is 46.4 Å². The highest BCUT2D eigenvalue weighted by Crippen LogP contribution is 2.31. The molecule has 4 aromatic rings. The van der Waals surface area contributed by atoms with Gasteiger partial charge in [-0.2, -0.15) is 0 Å². The summed E-state index contributed by atoms with van der Waals surface area (Å²) in [4.78, 5) is 6.93. The van der Waals surface area contributed by atoms with Gasteiger partial charge in [-0.15, -0.1) is 0 Å². The molecule has 1 unspecified atom stereocenters. The SMILES string of the molecule is Clc1ccc(COC(Cn2ccnc2)c2ccc(Cl)cc2Cl)c(Cl)c1.c1cc[nH]c1. The number of nitrogens with one attached hydrogen (secondary N) is 1. The summed E-state index contributed by atoms with van der Waals surface area (Å²) in [5.74, 6) is 0. The largest absolute Gasteiger partial charge is 0.368 e. The number of aromatic nitrogens is 3. The van der Waals surface area contributed by atoms with Crippen molar-refractivity contribution >= 4 is 46.4 Å². The standard InChI is InChI=1S/C18H14Cl4N2O.C4H5N/c19-13-2-1-12(16(21)7-13)10-25-18(9-24-6-5-23-11-24)15-4-3-14(20)8-17(15)22;1-2-4-5-3-1/h1-8,11,18H,9-10H2;1-5H. The summed E-state index contributed by atoms with van der Waals surface area (Å²) >= 11 is 24.5. The van der Waals surface area contributed by atoms with E-state index in [1.54, 1.807) is 36.8 Å². The van der Waals surface area contributed by atoms with Crippen molar-refractivity contribution in [3.05, 3.63) is 111 Å². The van der Waals surface area contributed by atoms with E-state index in [4.69, 9.17) is 51.1 Å². The lowest BCUT2D eigenvalue weighted by molar-refractivity contribution is 0.0281. The molecule has 0 bridgehead atoms. The average molecular weight is 483 g/mol. The molecule has 4 nitrogen and oxygen atoms in total. The van der Waals surface area contributed by atoms with Crippen molar-refractivity contribution in [2.24, 2.45) is 0 Å². The molecule has 2 aromatic heterocycles. The van der Waals surface area contributed by atoms with E-state index < -0.39 is 0 Å². The molecule has 156 valence electrons. The first kappa shape index (κ1) is 22.7. The molecule has 30 heavy (non-hydrogen) atoms. The Hall–Kier alpha value is -1.95. The van der Waals surface area contributed by atoms with Crippen molar-refractivity contribution in [1.29, 1.82) is 0 Å². The van der Waals surface area contributed by atoms with Crippen molar-refractivity contribution in [3.8, 4) is 0 Å². The number of aromatic amines is 1. The summed E-state index contributed by atoms with van der Waals surface area (Å²) in [5.41, 5.74) is 1.71. The van der Waals surface area contributed by atoms with Gasteiger partial charge in [0.25, 0.3) is 0 Å². The minimum atomic E-state index is -0.286. The second-order valence-electron chi connectivity index (χ2n) is 6.35. The average Bonchev–Trinajstić information content (AvgIpc) is 3.43. The second kappa shape index (κ2) is 11.4. The van der Waals surface area contributed by atoms with E-state index in [1.165, 1.54) is 0 Å². The molecule has 2 heterocycles. The quantitative estimate of drug-likeness (QED) is 0.309. The lowest BCUT2D eigenvalue weighted by Crippen LogP contribution is -2.12. The predicted molar refractivity (Wildman–Crippen MR) is 123 cm³/mol. The third kappa shape index (κ3) is 6.79. The van der Waals surface area contributed by atoms with Crippen LogP contribution in [0.15, 0.2) is 79.6 Å². The monoisotopic (exact) mass is 481 g/mol. The third-order valence-corrected chi connectivity index (χ3v) is 5.35. The number of ether oxygens (including phenoxy) is 1. The Kier molecular flexibility index (Phi) is 8.67. The van der Waals surface area contributed by atoms with Gasteiger partial charge in [0, 0.05) is 50.4 Å². The molecule has 0 spiro atoms. The van der Waals surface area contributed by atoms with E-state index in [-0.39, 0.29) is 6.10 Å². The first-order valence-corrected chi connectivity index (χ1v) is 10.6. The lowest BCUT2D eigenvalue weighted by Gasteiger charge is -2.21. The summed E-state index contributed by atoms with van der Waals surface area (Å²) in [7, 11) is 0. The van der Waals surface area contributed by atoms with Crippen LogP contribution in [-0.4, -0.2) is 14.5 Å². The molecular weight excluding hydrogens is 464 g/mol. The highest BCUT2D eigenvalue weighted by atomic mass is 35.5. The van der Waals surface area contributed by atoms with Crippen LogP contribution in [0.1, 0.15) is 17.2 Å². The van der Waals surface area contributed by atoms with Gasteiger partial charge in [0.2, 0.25) is 0 Å². The first-order chi connectivity index (χ1) is 14.5. The molecular formula is C22H19Cl4N3O. The first-order valence-electron chi connectivity index (χ1n) is 9.07. The smallest absolute Gasteiger partial charge is 0.102 e. The van der Waals surface area contributed by atoms with Gasteiger partial charge in [-0.3, -0.25) is 0 Å². The van der Waals surface area contributed by atoms with Crippen LogP contribution in [0.5, 0.6) is 0 Å². The van der Waals surface area contributed by atoms with Crippen LogP contribution in [0.2, 0.25) is 20.1 Å². The molecule has 0 aliphatic heterocycles. The Labute approximate surface area is 195 Å². The molecule has 0 saturated heterocycles. The van der Waals surface area contributed by atoms with E-state index in [9.17, 15) is 0 Å². The molecule has 0 fully saturated rings. The van der Waals surface area contributed by atoms with Crippen molar-refractivity contribution in [2.45, 2.75) is 19.3 Å². The van der Waals surface area contributed by atoms with E-state index in [1.807, 2.05) is 47.4 Å². The fraction of sp³-hybridized carbons (Fsp3) is 0.136. The maximum atomic E-state index is 6.37. The fourth-order valence-corrected chi connectivity index (χ4v) is 3.69. The van der Waals surface area contributed by atoms with E-state index in [2.05, 4.69) is 9.97 Å². The predicted octanol–water partition coefficient (Wildman–Crippen LogP) is 7.47. The topological polar surface area (TPSA) is 42.8 Å². The maximum absolute atomic E-state index is 6.37. The summed E-state index contributed by atoms with van der Waals surface area (Å²) in [6.07, 6.45) is 8.78. The zero-order valence-electron chi connectivity index (χ0n) is 15.8. The van der Waals surface area contributed by atoms with E-state index in [0.717, 1.165) is 11.1 Å². The molecule has 0 radical (unpaired) electrons. The van der Waals surface area contributed by atoms with Gasteiger partial charge >= 0.3 is 0 Å². The van der Waals surface area contributed by atoms with Crippen LogP contribution in [0, 0.1) is 0 Å². The fourth-order valence-electron chi connectivity index (χ4n) is 2.70. The minimum absolute atomic E-state index is 0.286. The van der Waals surface area contributed by atoms with Crippen LogP contribution in [0.25, 0.3) is 0 Å². The minimum Gasteiger partial charge on any atom is -0.368 e. The van der Waals surface area contributed by atoms with E-state index in [0.29, 0.717) is 33.2 Å². The highest BCUT2D eigenvalue weighted by molar-refractivity contribution is 6.35. The normalized spacial score (nSPS) is 11.6. The summed E-state index contributed by atoms with van der Waals surface area (Å²) < 4.78 is 8.05. The van der Waals surface area contributed by atoms with Crippen LogP contribution in [0.3, 0.4) is 0 Å². The van der Waals surface area contributed by atoms with Gasteiger partial charge < -0.3 is 14.3 Å². The highest BCUT2D eigenvalue weighted by Gasteiger charge is 2.17. The third-order valence-electron chi connectivity index (χ3n) is 4.20. The summed E-state index contributed by atoms with van der Waals surface area (Å²) in [6, 6.07) is 14.6. The molecule has 8 heteroatoms. The molecule has 0 aliphatic rings. The Bertz CT molecular complexity index is 1020. The van der Waals surface area contributed by atoms with Gasteiger partial charge in [0.05, 0.1) is 19.5 Å². The number of nitrogens with zero attached hydrogens (tertiary/aromatic N) is 2. The zero-order chi connectivity index (χ0) is 21.3. The number of rotatable bonds is 6. The Morgan fingerprint density at radius 2 is 1.63 bits per heavy atom. The second-order valence-corrected chi connectivity index (χ2v) is 8.03. The molecule has 1 N–H and O–H groups in total. The number of imidazole rings is 1. The summed E-state index contributed by atoms with van der Waals surface area (Å²) in [5, 5.41) is 2.29. The van der Waals surface area contributed by atoms with Gasteiger partial charge in [0.15, 0.2) is 0 Å². The van der Waals surface area contributed by atoms with Crippen molar-refractivity contribution in [3.63, 3.8) is 0 Å². The molecule has 0 saturated carbocycles.